The van der Waals surface area contributed by atoms with Crippen molar-refractivity contribution in [3.63, 3.8) is 0 Å². The molecule has 90 valence electrons. The molecule has 0 spiro atoms. The Kier molecular flexibility index (Phi) is 4.76. The molecule has 1 rings (SSSR count). The number of rotatable bonds is 4. The van der Waals surface area contributed by atoms with Crippen LogP contribution in [-0.4, -0.2) is 55.0 Å². The number of carbonyl (C=O) groups is 2. The van der Waals surface area contributed by atoms with E-state index in [-0.39, 0.29) is 18.5 Å². The van der Waals surface area contributed by atoms with Gasteiger partial charge >= 0.3 is 13.0 Å². The van der Waals surface area contributed by atoms with Crippen LogP contribution in [0.3, 0.4) is 0 Å². The van der Waals surface area contributed by atoms with E-state index in [0.717, 1.165) is 6.42 Å². The summed E-state index contributed by atoms with van der Waals surface area (Å²) in [4.78, 5) is 24.3. The third-order valence-electron chi connectivity index (χ3n) is 2.71. The zero-order chi connectivity index (χ0) is 12.1. The minimum atomic E-state index is -0.642. The second kappa shape index (κ2) is 5.86. The fraction of sp³-hybridized carbons (Fsp3) is 0.778. The molecule has 0 saturated carbocycles. The fourth-order valence-corrected chi connectivity index (χ4v) is 1.87. The van der Waals surface area contributed by atoms with Gasteiger partial charge in [-0.1, -0.05) is 0 Å². The van der Waals surface area contributed by atoms with E-state index in [4.69, 9.17) is 0 Å². The van der Waals surface area contributed by atoms with Crippen LogP contribution in [0.25, 0.3) is 0 Å². The van der Waals surface area contributed by atoms with Crippen molar-refractivity contribution in [2.24, 2.45) is 0 Å². The van der Waals surface area contributed by atoms with Crippen LogP contribution in [0.15, 0.2) is 0 Å². The summed E-state index contributed by atoms with van der Waals surface area (Å²) in [6.07, 6.45) is 1.58. The van der Waals surface area contributed by atoms with Crippen LogP contribution in [0.2, 0.25) is 6.82 Å². The van der Waals surface area contributed by atoms with Gasteiger partial charge < -0.3 is 19.9 Å². The van der Waals surface area contributed by atoms with Crippen molar-refractivity contribution in [3.05, 3.63) is 0 Å². The van der Waals surface area contributed by atoms with Crippen LogP contribution in [-0.2, 0) is 14.3 Å². The van der Waals surface area contributed by atoms with E-state index in [0.29, 0.717) is 13.0 Å². The van der Waals surface area contributed by atoms with Crippen molar-refractivity contribution in [3.8, 4) is 0 Å². The lowest BCUT2D eigenvalue weighted by Gasteiger charge is -2.23. The molecular weight excluding hydrogens is 211 g/mol. The van der Waals surface area contributed by atoms with E-state index in [2.05, 4.69) is 10.1 Å². The maximum atomic E-state index is 11.7. The Hall–Kier alpha value is -1.08. The predicted molar refractivity (Wildman–Crippen MR) is 58.6 cm³/mol. The number of hydrogen-bond acceptors (Lipinski definition) is 5. The third kappa shape index (κ3) is 3.21. The number of esters is 1. The molecule has 0 aliphatic carbocycles. The molecule has 1 unspecified atom stereocenters. The Morgan fingerprint density at radius 2 is 2.31 bits per heavy atom. The highest BCUT2D eigenvalue weighted by atomic mass is 16.5. The van der Waals surface area contributed by atoms with E-state index in [1.165, 1.54) is 7.11 Å². The summed E-state index contributed by atoms with van der Waals surface area (Å²) in [6, 6.07) is -0.343. The number of nitrogens with one attached hydrogen (secondary N) is 1. The number of ether oxygens (including phenoxy) is 1. The highest BCUT2D eigenvalue weighted by Gasteiger charge is 2.34. The molecule has 1 saturated heterocycles. The highest BCUT2D eigenvalue weighted by Crippen LogP contribution is 2.17. The van der Waals surface area contributed by atoms with Crippen molar-refractivity contribution < 1.29 is 19.3 Å². The molecule has 0 radical (unpaired) electrons. The van der Waals surface area contributed by atoms with Gasteiger partial charge in [0.1, 0.15) is 6.54 Å². The molecule has 7 heteroatoms. The third-order valence-corrected chi connectivity index (χ3v) is 2.71. The van der Waals surface area contributed by atoms with Gasteiger partial charge in [-0.15, -0.1) is 0 Å². The number of nitrogens with zero attached hydrogens (tertiary/aromatic N) is 1. The monoisotopic (exact) mass is 228 g/mol. The zero-order valence-electron chi connectivity index (χ0n) is 9.60. The average molecular weight is 228 g/mol. The van der Waals surface area contributed by atoms with E-state index < -0.39 is 13.0 Å². The lowest BCUT2D eigenvalue weighted by Crippen LogP contribution is -2.49. The zero-order valence-corrected chi connectivity index (χ0v) is 9.60. The number of carbonyl (C=O) groups excluding carboxylic acids is 2. The molecular formula is C9H17BN2O4. The van der Waals surface area contributed by atoms with Gasteiger partial charge in [0.2, 0.25) is 5.91 Å². The number of amides is 1. The molecule has 0 aromatic carbocycles. The van der Waals surface area contributed by atoms with Gasteiger partial charge in [0, 0.05) is 0 Å². The first-order chi connectivity index (χ1) is 7.56. The van der Waals surface area contributed by atoms with Gasteiger partial charge in [-0.3, -0.25) is 9.59 Å². The van der Waals surface area contributed by atoms with Crippen molar-refractivity contribution in [2.45, 2.75) is 25.7 Å². The van der Waals surface area contributed by atoms with Gasteiger partial charge in [-0.25, -0.2) is 0 Å². The summed E-state index contributed by atoms with van der Waals surface area (Å²) in [5, 5.41) is 11.9. The Balaban J connectivity index is 2.44. The molecule has 2 N–H and O–H groups in total. The largest absolute Gasteiger partial charge is 0.468 e. The van der Waals surface area contributed by atoms with Crippen molar-refractivity contribution in [1.82, 2.24) is 10.1 Å². The molecule has 16 heavy (non-hydrogen) atoms. The molecule has 0 aromatic rings. The minimum absolute atomic E-state index is 0.126. The van der Waals surface area contributed by atoms with E-state index >= 15 is 0 Å². The second-order valence-corrected chi connectivity index (χ2v) is 3.82. The molecule has 1 amide bonds. The SMILES string of the molecule is COC(=O)CNC(=O)C1CCCN1B(C)O. The maximum Gasteiger partial charge on any atom is 0.377 e. The van der Waals surface area contributed by atoms with Crippen molar-refractivity contribution in [2.75, 3.05) is 20.2 Å². The Labute approximate surface area is 95.1 Å². The summed E-state index contributed by atoms with van der Waals surface area (Å²) in [5.74, 6) is -0.709. The lowest BCUT2D eigenvalue weighted by atomic mass is 9.84. The fourth-order valence-electron chi connectivity index (χ4n) is 1.87. The summed E-state index contributed by atoms with van der Waals surface area (Å²) >= 11 is 0. The standard InChI is InChI=1S/C9H17BN2O4/c1-10(15)12-5-3-4-7(12)9(14)11-6-8(13)16-2/h7,15H,3-6H2,1-2H3,(H,11,14). The first kappa shape index (κ1) is 13.0. The normalized spacial score (nSPS) is 20.6. The topological polar surface area (TPSA) is 78.9 Å². The van der Waals surface area contributed by atoms with Crippen LogP contribution >= 0.6 is 0 Å². The maximum absolute atomic E-state index is 11.7. The Morgan fingerprint density at radius 1 is 1.62 bits per heavy atom. The van der Waals surface area contributed by atoms with Crippen LogP contribution in [0, 0.1) is 0 Å². The number of methoxy groups -OCH3 is 1. The second-order valence-electron chi connectivity index (χ2n) is 3.82. The Morgan fingerprint density at radius 3 is 2.88 bits per heavy atom. The van der Waals surface area contributed by atoms with Gasteiger partial charge in [-0.05, 0) is 26.2 Å². The minimum Gasteiger partial charge on any atom is -0.468 e. The van der Waals surface area contributed by atoms with Gasteiger partial charge in [0.15, 0.2) is 0 Å². The van der Waals surface area contributed by atoms with Crippen molar-refractivity contribution in [1.29, 1.82) is 0 Å². The summed E-state index contributed by atoms with van der Waals surface area (Å²) < 4.78 is 4.42. The summed E-state index contributed by atoms with van der Waals surface area (Å²) in [6.45, 7) is 2.21. The first-order valence-electron chi connectivity index (χ1n) is 5.34. The molecule has 0 aromatic heterocycles. The first-order valence-corrected chi connectivity index (χ1v) is 5.34. The van der Waals surface area contributed by atoms with Gasteiger partial charge in [-0.2, -0.15) is 0 Å². The molecule has 1 aliphatic heterocycles. The van der Waals surface area contributed by atoms with Crippen LogP contribution in [0.1, 0.15) is 12.8 Å². The van der Waals surface area contributed by atoms with E-state index in [1.54, 1.807) is 11.6 Å². The van der Waals surface area contributed by atoms with Crippen molar-refractivity contribution >= 4 is 18.9 Å². The number of hydrogen-bond donors (Lipinski definition) is 2. The molecule has 1 atom stereocenters. The molecule has 1 heterocycles. The predicted octanol–water partition coefficient (Wildman–Crippen LogP) is -1.15. The van der Waals surface area contributed by atoms with E-state index in [1.807, 2.05) is 0 Å². The summed E-state index contributed by atoms with van der Waals surface area (Å²) in [7, 11) is 0.628. The highest BCUT2D eigenvalue weighted by molar-refractivity contribution is 6.45. The molecule has 6 nitrogen and oxygen atoms in total. The molecule has 1 fully saturated rings. The lowest BCUT2D eigenvalue weighted by molar-refractivity contribution is -0.141. The molecule has 1 aliphatic rings. The smallest absolute Gasteiger partial charge is 0.377 e. The Bertz CT molecular complexity index is 272. The van der Waals surface area contributed by atoms with Gasteiger partial charge in [0.25, 0.3) is 0 Å². The van der Waals surface area contributed by atoms with Crippen LogP contribution in [0.4, 0.5) is 0 Å². The van der Waals surface area contributed by atoms with Gasteiger partial charge in [0.05, 0.1) is 13.2 Å². The molecule has 0 bridgehead atoms. The van der Waals surface area contributed by atoms with E-state index in [9.17, 15) is 14.6 Å². The van der Waals surface area contributed by atoms with Crippen LogP contribution in [0.5, 0.6) is 0 Å². The van der Waals surface area contributed by atoms with Crippen LogP contribution < -0.4 is 5.32 Å². The quantitative estimate of drug-likeness (QED) is 0.469. The summed E-state index contributed by atoms with van der Waals surface area (Å²) in [5.41, 5.74) is 0. The average Bonchev–Trinajstić information content (AvgIpc) is 2.74.